The molecule has 106 valence electrons. The zero-order valence-corrected chi connectivity index (χ0v) is 12.4. The fourth-order valence-electron chi connectivity index (χ4n) is 1.77. The molecule has 0 aliphatic heterocycles. The molecule has 0 aliphatic carbocycles. The van der Waals surface area contributed by atoms with Gasteiger partial charge in [-0.05, 0) is 43.3 Å². The summed E-state index contributed by atoms with van der Waals surface area (Å²) in [6, 6.07) is 15.0. The van der Waals surface area contributed by atoms with Gasteiger partial charge in [0.25, 0.3) is 0 Å². The third-order valence-electron chi connectivity index (χ3n) is 3.13. The van der Waals surface area contributed by atoms with Crippen molar-refractivity contribution in [3.8, 4) is 17.6 Å². The Bertz CT molecular complexity index is 676. The third-order valence-corrected chi connectivity index (χ3v) is 3.13. The minimum absolute atomic E-state index is 0.249. The van der Waals surface area contributed by atoms with Gasteiger partial charge in [-0.2, -0.15) is 0 Å². The lowest BCUT2D eigenvalue weighted by molar-refractivity contribution is -0.113. The smallest absolute Gasteiger partial charge is 0.302 e. The van der Waals surface area contributed by atoms with Crippen molar-refractivity contribution in [1.29, 1.82) is 0 Å². The summed E-state index contributed by atoms with van der Waals surface area (Å²) in [6.45, 7) is 2.01. The molecule has 0 saturated heterocycles. The third kappa shape index (κ3) is 3.87. The molecular weight excluding hydrogens is 262 g/mol. The SMILES string of the molecule is COc1ccc(N(C)C(=O)C#Cc2ccc(C)cc2)cc1. The molecule has 0 radical (unpaired) electrons. The molecule has 21 heavy (non-hydrogen) atoms. The predicted molar refractivity (Wildman–Crippen MR) is 84.5 cm³/mol. The molecule has 0 aromatic heterocycles. The van der Waals surface area contributed by atoms with Gasteiger partial charge in [0.05, 0.1) is 7.11 Å². The first-order valence-electron chi connectivity index (χ1n) is 6.60. The molecule has 0 spiro atoms. The van der Waals surface area contributed by atoms with E-state index in [-0.39, 0.29) is 5.91 Å². The molecule has 0 N–H and O–H groups in total. The first kappa shape index (κ1) is 14.7. The van der Waals surface area contributed by atoms with Crippen LogP contribution in [0.15, 0.2) is 48.5 Å². The van der Waals surface area contributed by atoms with Gasteiger partial charge in [0.2, 0.25) is 0 Å². The number of rotatable bonds is 2. The number of ether oxygens (including phenoxy) is 1. The number of carbonyl (C=O) groups is 1. The summed E-state index contributed by atoms with van der Waals surface area (Å²) < 4.78 is 5.09. The number of nitrogens with zero attached hydrogens (tertiary/aromatic N) is 1. The molecule has 1 amide bonds. The summed E-state index contributed by atoms with van der Waals surface area (Å²) in [4.78, 5) is 13.6. The van der Waals surface area contributed by atoms with Gasteiger partial charge in [-0.25, -0.2) is 0 Å². The minimum atomic E-state index is -0.249. The fourth-order valence-corrected chi connectivity index (χ4v) is 1.77. The van der Waals surface area contributed by atoms with E-state index in [1.165, 1.54) is 10.5 Å². The van der Waals surface area contributed by atoms with E-state index in [0.717, 1.165) is 17.0 Å². The van der Waals surface area contributed by atoms with Crippen LogP contribution in [-0.2, 0) is 4.79 Å². The molecule has 0 unspecified atom stereocenters. The molecule has 3 nitrogen and oxygen atoms in total. The molecule has 0 aliphatic rings. The lowest BCUT2D eigenvalue weighted by Gasteiger charge is -2.14. The van der Waals surface area contributed by atoms with Crippen LogP contribution in [0.1, 0.15) is 11.1 Å². The average molecular weight is 279 g/mol. The van der Waals surface area contributed by atoms with Crippen molar-refractivity contribution in [2.75, 3.05) is 19.1 Å². The summed E-state index contributed by atoms with van der Waals surface area (Å²) in [5.41, 5.74) is 2.78. The number of benzene rings is 2. The Balaban J connectivity index is 2.10. The van der Waals surface area contributed by atoms with Crippen LogP contribution in [0.5, 0.6) is 5.75 Å². The Morgan fingerprint density at radius 1 is 1.05 bits per heavy atom. The molecule has 2 aromatic rings. The maximum atomic E-state index is 12.1. The fraction of sp³-hybridized carbons (Fsp3) is 0.167. The largest absolute Gasteiger partial charge is 0.497 e. The van der Waals surface area contributed by atoms with Crippen molar-refractivity contribution in [3.05, 3.63) is 59.7 Å². The van der Waals surface area contributed by atoms with E-state index in [9.17, 15) is 4.79 Å². The van der Waals surface area contributed by atoms with Crippen LogP contribution >= 0.6 is 0 Å². The summed E-state index contributed by atoms with van der Waals surface area (Å²) in [7, 11) is 3.31. The molecule has 3 heteroatoms. The van der Waals surface area contributed by atoms with Gasteiger partial charge < -0.3 is 9.64 Å². The highest BCUT2D eigenvalue weighted by molar-refractivity contribution is 6.05. The van der Waals surface area contributed by atoms with Gasteiger partial charge >= 0.3 is 5.91 Å². The van der Waals surface area contributed by atoms with Crippen molar-refractivity contribution in [2.45, 2.75) is 6.92 Å². The number of amides is 1. The van der Waals surface area contributed by atoms with Gasteiger partial charge in [-0.1, -0.05) is 23.6 Å². The number of hydrogen-bond donors (Lipinski definition) is 0. The highest BCUT2D eigenvalue weighted by Crippen LogP contribution is 2.18. The number of aryl methyl sites for hydroxylation is 1. The van der Waals surface area contributed by atoms with E-state index in [0.29, 0.717) is 0 Å². The van der Waals surface area contributed by atoms with E-state index in [1.54, 1.807) is 14.2 Å². The van der Waals surface area contributed by atoms with E-state index in [4.69, 9.17) is 4.74 Å². The molecule has 0 saturated carbocycles. The Morgan fingerprint density at radius 2 is 1.67 bits per heavy atom. The highest BCUT2D eigenvalue weighted by Gasteiger charge is 2.07. The molecule has 0 heterocycles. The summed E-state index contributed by atoms with van der Waals surface area (Å²) in [6.07, 6.45) is 0. The zero-order chi connectivity index (χ0) is 15.2. The normalized spacial score (nSPS) is 9.48. The Morgan fingerprint density at radius 3 is 2.24 bits per heavy atom. The van der Waals surface area contributed by atoms with Crippen molar-refractivity contribution in [1.82, 2.24) is 0 Å². The molecule has 2 rings (SSSR count). The zero-order valence-electron chi connectivity index (χ0n) is 12.4. The molecular formula is C18H17NO2. The van der Waals surface area contributed by atoms with Gasteiger partial charge in [0, 0.05) is 24.2 Å². The lowest BCUT2D eigenvalue weighted by Crippen LogP contribution is -2.24. The number of hydrogen-bond acceptors (Lipinski definition) is 2. The second-order valence-corrected chi connectivity index (χ2v) is 4.68. The predicted octanol–water partition coefficient (Wildman–Crippen LogP) is 3.02. The van der Waals surface area contributed by atoms with Crippen LogP contribution in [-0.4, -0.2) is 20.1 Å². The number of methoxy groups -OCH3 is 1. The number of anilines is 1. The maximum Gasteiger partial charge on any atom is 0.302 e. The standard InChI is InChI=1S/C18H17NO2/c1-14-4-6-15(7-5-14)8-13-18(20)19(2)16-9-11-17(21-3)12-10-16/h4-7,9-12H,1-3H3. The monoisotopic (exact) mass is 279 g/mol. The van der Waals surface area contributed by atoms with Crippen molar-refractivity contribution in [3.63, 3.8) is 0 Å². The van der Waals surface area contributed by atoms with Crippen LogP contribution in [0.3, 0.4) is 0 Å². The highest BCUT2D eigenvalue weighted by atomic mass is 16.5. The average Bonchev–Trinajstić information content (AvgIpc) is 2.53. The minimum Gasteiger partial charge on any atom is -0.497 e. The summed E-state index contributed by atoms with van der Waals surface area (Å²) >= 11 is 0. The second-order valence-electron chi connectivity index (χ2n) is 4.68. The van der Waals surface area contributed by atoms with Gasteiger partial charge in [0.15, 0.2) is 0 Å². The van der Waals surface area contributed by atoms with Crippen molar-refractivity contribution >= 4 is 11.6 Å². The molecule has 0 bridgehead atoms. The van der Waals surface area contributed by atoms with Gasteiger partial charge in [-0.15, -0.1) is 0 Å². The quantitative estimate of drug-likeness (QED) is 0.791. The van der Waals surface area contributed by atoms with Crippen LogP contribution in [0.2, 0.25) is 0 Å². The second kappa shape index (κ2) is 6.62. The van der Waals surface area contributed by atoms with E-state index in [1.807, 2.05) is 55.5 Å². The molecule has 0 atom stereocenters. The van der Waals surface area contributed by atoms with Crippen LogP contribution in [0.4, 0.5) is 5.69 Å². The van der Waals surface area contributed by atoms with Gasteiger partial charge in [0.1, 0.15) is 5.75 Å². The topological polar surface area (TPSA) is 29.5 Å². The first-order valence-corrected chi connectivity index (χ1v) is 6.60. The Labute approximate surface area is 125 Å². The van der Waals surface area contributed by atoms with Crippen LogP contribution in [0, 0.1) is 18.8 Å². The molecule has 0 fully saturated rings. The Hall–Kier alpha value is -2.73. The van der Waals surface area contributed by atoms with Gasteiger partial charge in [-0.3, -0.25) is 4.79 Å². The van der Waals surface area contributed by atoms with E-state index >= 15 is 0 Å². The van der Waals surface area contributed by atoms with E-state index in [2.05, 4.69) is 11.8 Å². The first-order chi connectivity index (χ1) is 10.1. The number of carbonyl (C=O) groups excluding carboxylic acids is 1. The Kier molecular flexibility index (Phi) is 4.63. The lowest BCUT2D eigenvalue weighted by atomic mass is 10.1. The van der Waals surface area contributed by atoms with Crippen molar-refractivity contribution in [2.24, 2.45) is 0 Å². The maximum absolute atomic E-state index is 12.1. The van der Waals surface area contributed by atoms with E-state index < -0.39 is 0 Å². The summed E-state index contributed by atoms with van der Waals surface area (Å²) in [5.74, 6) is 6.04. The summed E-state index contributed by atoms with van der Waals surface area (Å²) in [5, 5.41) is 0. The van der Waals surface area contributed by atoms with Crippen molar-refractivity contribution < 1.29 is 9.53 Å². The van der Waals surface area contributed by atoms with Crippen LogP contribution in [0.25, 0.3) is 0 Å². The van der Waals surface area contributed by atoms with Crippen LogP contribution < -0.4 is 9.64 Å². The molecule has 2 aromatic carbocycles.